The number of thiophene rings is 2. The Hall–Kier alpha value is -6.86. The van der Waals surface area contributed by atoms with Crippen molar-refractivity contribution in [2.24, 2.45) is 0 Å². The Kier molecular flexibility index (Phi) is 7.83. The van der Waals surface area contributed by atoms with Gasteiger partial charge in [0.2, 0.25) is 0 Å². The van der Waals surface area contributed by atoms with E-state index in [1.165, 1.54) is 51.5 Å². The number of rotatable bonds is 6. The molecule has 0 bridgehead atoms. The van der Waals surface area contributed by atoms with Crippen LogP contribution in [0.1, 0.15) is 0 Å². The fraction of sp³-hybridized carbons (Fsp3) is 0. The van der Waals surface area contributed by atoms with Gasteiger partial charge >= 0.3 is 0 Å². The van der Waals surface area contributed by atoms with Crippen molar-refractivity contribution in [3.8, 4) is 67.3 Å². The molecule has 4 aromatic heterocycles. The molecule has 11 rings (SSSR count). The first kappa shape index (κ1) is 32.6. The third kappa shape index (κ3) is 5.66. The van der Waals surface area contributed by atoms with E-state index in [2.05, 4.69) is 156 Å². The maximum absolute atomic E-state index is 5.31. The van der Waals surface area contributed by atoms with Crippen LogP contribution in [0, 0.1) is 0 Å². The fourth-order valence-corrected chi connectivity index (χ4v) is 10.3. The average Bonchev–Trinajstić information content (AvgIpc) is 3.86. The molecule has 0 amide bonds. The van der Waals surface area contributed by atoms with Crippen LogP contribution in [0.2, 0.25) is 0 Å². The van der Waals surface area contributed by atoms with Gasteiger partial charge < -0.3 is 0 Å². The van der Waals surface area contributed by atoms with Crippen molar-refractivity contribution in [2.45, 2.75) is 0 Å². The van der Waals surface area contributed by atoms with Gasteiger partial charge in [-0.1, -0.05) is 127 Å². The summed E-state index contributed by atoms with van der Waals surface area (Å²) in [7, 11) is 0. The van der Waals surface area contributed by atoms with Crippen molar-refractivity contribution in [1.82, 2.24) is 19.9 Å². The number of hydrogen-bond donors (Lipinski definition) is 0. The summed E-state index contributed by atoms with van der Waals surface area (Å²) in [6.45, 7) is 0. The molecule has 0 aliphatic carbocycles. The summed E-state index contributed by atoms with van der Waals surface area (Å²) in [6, 6.07) is 58.7. The summed E-state index contributed by atoms with van der Waals surface area (Å²) in [4.78, 5) is 18.9. The number of benzene rings is 7. The van der Waals surface area contributed by atoms with E-state index in [0.717, 1.165) is 50.3 Å². The van der Waals surface area contributed by atoms with E-state index in [0.29, 0.717) is 5.82 Å². The second-order valence-corrected chi connectivity index (χ2v) is 16.0. The molecule has 0 atom stereocenters. The number of aromatic nitrogens is 4. The lowest BCUT2D eigenvalue weighted by atomic mass is 9.93. The molecule has 0 spiro atoms. The molecule has 0 aliphatic heterocycles. The molecule has 6 heteroatoms. The standard InChI is InChI=1S/C50H30N4S2/c1-2-10-33(11-3-1)50-53-44(32-22-20-31(21-23-32)37-28-51-30-52-29-37)27-45(54-50)36-25-34(38-14-8-16-42-40-12-4-6-18-46(40)55-48(38)42)24-35(26-36)39-15-9-17-43-41-13-5-7-19-47(41)56-49(39)43/h1-30H. The first-order chi connectivity index (χ1) is 27.7. The highest BCUT2D eigenvalue weighted by molar-refractivity contribution is 7.26. The second-order valence-electron chi connectivity index (χ2n) is 13.9. The van der Waals surface area contributed by atoms with Gasteiger partial charge in [0.25, 0.3) is 0 Å². The molecule has 11 aromatic rings. The maximum Gasteiger partial charge on any atom is 0.160 e. The van der Waals surface area contributed by atoms with Crippen molar-refractivity contribution in [2.75, 3.05) is 0 Å². The van der Waals surface area contributed by atoms with Crippen LogP contribution < -0.4 is 0 Å². The van der Waals surface area contributed by atoms with E-state index >= 15 is 0 Å². The molecular formula is C50H30N4S2. The van der Waals surface area contributed by atoms with Crippen LogP contribution in [-0.4, -0.2) is 19.9 Å². The van der Waals surface area contributed by atoms with E-state index in [1.807, 2.05) is 53.3 Å². The second kappa shape index (κ2) is 13.5. The number of nitrogens with zero attached hydrogens (tertiary/aromatic N) is 4. The summed E-state index contributed by atoms with van der Waals surface area (Å²) in [5.41, 5.74) is 11.5. The van der Waals surface area contributed by atoms with E-state index in [9.17, 15) is 0 Å². The van der Waals surface area contributed by atoms with E-state index < -0.39 is 0 Å². The summed E-state index contributed by atoms with van der Waals surface area (Å²) < 4.78 is 5.16. The third-order valence-electron chi connectivity index (χ3n) is 10.5. The minimum atomic E-state index is 0.684. The van der Waals surface area contributed by atoms with Gasteiger partial charge in [0.15, 0.2) is 5.82 Å². The van der Waals surface area contributed by atoms with Crippen LogP contribution in [0.5, 0.6) is 0 Å². The van der Waals surface area contributed by atoms with Crippen molar-refractivity contribution in [3.63, 3.8) is 0 Å². The molecule has 56 heavy (non-hydrogen) atoms. The van der Waals surface area contributed by atoms with Crippen LogP contribution in [0.3, 0.4) is 0 Å². The van der Waals surface area contributed by atoms with Gasteiger partial charge in [-0.15, -0.1) is 22.7 Å². The number of hydrogen-bond acceptors (Lipinski definition) is 6. The Morgan fingerprint density at radius 2 is 0.839 bits per heavy atom. The van der Waals surface area contributed by atoms with Gasteiger partial charge in [-0.05, 0) is 64.2 Å². The topological polar surface area (TPSA) is 51.6 Å². The molecule has 0 unspecified atom stereocenters. The van der Waals surface area contributed by atoms with Crippen LogP contribution in [-0.2, 0) is 0 Å². The minimum Gasteiger partial charge on any atom is -0.244 e. The van der Waals surface area contributed by atoms with Gasteiger partial charge in [0.1, 0.15) is 6.33 Å². The Balaban J connectivity index is 1.15. The molecule has 0 saturated heterocycles. The molecule has 0 fully saturated rings. The zero-order valence-electron chi connectivity index (χ0n) is 29.9. The first-order valence-corrected chi connectivity index (χ1v) is 20.1. The summed E-state index contributed by atoms with van der Waals surface area (Å²) in [5, 5.41) is 5.14. The molecule has 7 aromatic carbocycles. The smallest absolute Gasteiger partial charge is 0.160 e. The summed E-state index contributed by atoms with van der Waals surface area (Å²) >= 11 is 3.72. The van der Waals surface area contributed by atoms with Crippen LogP contribution >= 0.6 is 22.7 Å². The van der Waals surface area contributed by atoms with Crippen molar-refractivity contribution >= 4 is 63.0 Å². The van der Waals surface area contributed by atoms with Gasteiger partial charge in [0.05, 0.1) is 11.4 Å². The molecule has 262 valence electrons. The molecule has 0 aliphatic rings. The zero-order chi connectivity index (χ0) is 37.0. The molecular weight excluding hydrogens is 721 g/mol. The van der Waals surface area contributed by atoms with Crippen molar-refractivity contribution < 1.29 is 0 Å². The Morgan fingerprint density at radius 3 is 1.45 bits per heavy atom. The SMILES string of the molecule is c1ccc(-c2nc(-c3ccc(-c4cncnc4)cc3)cc(-c3cc(-c4cccc5c4sc4ccccc45)cc(-c4cccc5c4sc4ccccc45)c3)n2)cc1. The zero-order valence-corrected chi connectivity index (χ0v) is 31.6. The minimum absolute atomic E-state index is 0.684. The van der Waals surface area contributed by atoms with Gasteiger partial charge in [0, 0.05) is 75.0 Å². The maximum atomic E-state index is 5.31. The predicted molar refractivity (Wildman–Crippen MR) is 236 cm³/mol. The van der Waals surface area contributed by atoms with E-state index in [-0.39, 0.29) is 0 Å². The highest BCUT2D eigenvalue weighted by atomic mass is 32.1. The Labute approximate surface area is 331 Å². The van der Waals surface area contributed by atoms with Gasteiger partial charge in [-0.25, -0.2) is 19.9 Å². The highest BCUT2D eigenvalue weighted by Crippen LogP contribution is 2.45. The normalized spacial score (nSPS) is 11.6. The summed E-state index contributed by atoms with van der Waals surface area (Å²) in [6.07, 6.45) is 5.22. The van der Waals surface area contributed by atoms with Crippen LogP contribution in [0.4, 0.5) is 0 Å². The van der Waals surface area contributed by atoms with Gasteiger partial charge in [-0.3, -0.25) is 0 Å². The highest BCUT2D eigenvalue weighted by Gasteiger charge is 2.18. The lowest BCUT2D eigenvalue weighted by molar-refractivity contribution is 1.17. The van der Waals surface area contributed by atoms with E-state index in [4.69, 9.17) is 9.97 Å². The van der Waals surface area contributed by atoms with E-state index in [1.54, 1.807) is 6.33 Å². The molecule has 0 radical (unpaired) electrons. The Morgan fingerprint density at radius 1 is 0.339 bits per heavy atom. The van der Waals surface area contributed by atoms with Gasteiger partial charge in [-0.2, -0.15) is 0 Å². The predicted octanol–water partition coefficient (Wildman–Crippen LogP) is 14.0. The first-order valence-electron chi connectivity index (χ1n) is 18.5. The lowest BCUT2D eigenvalue weighted by Gasteiger charge is -2.14. The quantitative estimate of drug-likeness (QED) is 0.170. The number of fused-ring (bicyclic) bond motifs is 6. The van der Waals surface area contributed by atoms with Crippen LogP contribution in [0.25, 0.3) is 108 Å². The third-order valence-corrected chi connectivity index (χ3v) is 12.9. The molecule has 0 saturated carbocycles. The summed E-state index contributed by atoms with van der Waals surface area (Å²) in [5.74, 6) is 0.684. The van der Waals surface area contributed by atoms with Crippen molar-refractivity contribution in [1.29, 1.82) is 0 Å². The Bertz CT molecular complexity index is 3110. The molecule has 0 N–H and O–H groups in total. The fourth-order valence-electron chi connectivity index (χ4n) is 7.78. The average molecular weight is 751 g/mol. The van der Waals surface area contributed by atoms with Crippen LogP contribution in [0.15, 0.2) is 183 Å². The molecule has 4 heterocycles. The van der Waals surface area contributed by atoms with Crippen molar-refractivity contribution in [3.05, 3.63) is 183 Å². The lowest BCUT2D eigenvalue weighted by Crippen LogP contribution is -1.96. The molecule has 4 nitrogen and oxygen atoms in total. The largest absolute Gasteiger partial charge is 0.244 e. The monoisotopic (exact) mass is 750 g/mol.